The van der Waals surface area contributed by atoms with E-state index in [4.69, 9.17) is 21.1 Å². The van der Waals surface area contributed by atoms with Gasteiger partial charge in [0.05, 0.1) is 24.9 Å². The third-order valence-corrected chi connectivity index (χ3v) is 4.16. The number of hydrogen-bond donors (Lipinski definition) is 1. The van der Waals surface area contributed by atoms with Crippen molar-refractivity contribution in [2.75, 3.05) is 32.6 Å². The SMILES string of the molecule is COc1cc(NC(=O)C(=O)N2CCCC(C)C2)c(OC)cc1Cl. The minimum Gasteiger partial charge on any atom is -0.495 e. The standard InChI is InChI=1S/C16H21ClN2O4/c1-10-5-4-6-19(9-10)16(21)15(20)18-12-8-13(22-2)11(17)7-14(12)23-3/h7-8,10H,4-6,9H2,1-3H3,(H,18,20). The summed E-state index contributed by atoms with van der Waals surface area (Å²) in [6, 6.07) is 3.06. The number of methoxy groups -OCH3 is 2. The minimum atomic E-state index is -0.693. The molecule has 1 aromatic carbocycles. The molecule has 1 unspecified atom stereocenters. The molecule has 0 saturated carbocycles. The molecule has 2 rings (SSSR count). The van der Waals surface area contributed by atoms with Crippen molar-refractivity contribution in [2.45, 2.75) is 19.8 Å². The molecule has 0 spiro atoms. The van der Waals surface area contributed by atoms with Gasteiger partial charge in [0, 0.05) is 25.2 Å². The van der Waals surface area contributed by atoms with Crippen LogP contribution in [0.3, 0.4) is 0 Å². The second kappa shape index (κ2) is 7.55. The van der Waals surface area contributed by atoms with Gasteiger partial charge in [-0.25, -0.2) is 0 Å². The Hall–Kier alpha value is -1.95. The maximum atomic E-state index is 12.3. The predicted molar refractivity (Wildman–Crippen MR) is 88.2 cm³/mol. The van der Waals surface area contributed by atoms with E-state index in [9.17, 15) is 9.59 Å². The summed E-state index contributed by atoms with van der Waals surface area (Å²) in [6.45, 7) is 3.29. The van der Waals surface area contributed by atoms with E-state index in [1.165, 1.54) is 26.4 Å². The van der Waals surface area contributed by atoms with Gasteiger partial charge in [0.2, 0.25) is 0 Å². The van der Waals surface area contributed by atoms with E-state index in [0.29, 0.717) is 41.2 Å². The summed E-state index contributed by atoms with van der Waals surface area (Å²) in [5.74, 6) is -0.0641. The van der Waals surface area contributed by atoms with Crippen LogP contribution in [0.2, 0.25) is 5.02 Å². The first-order valence-corrected chi connectivity index (χ1v) is 7.85. The topological polar surface area (TPSA) is 67.9 Å². The van der Waals surface area contributed by atoms with E-state index < -0.39 is 11.8 Å². The second-order valence-electron chi connectivity index (χ2n) is 5.64. The lowest BCUT2D eigenvalue weighted by Crippen LogP contribution is -2.44. The number of ether oxygens (including phenoxy) is 2. The molecule has 0 radical (unpaired) electrons. The van der Waals surface area contributed by atoms with Gasteiger partial charge in [-0.3, -0.25) is 9.59 Å². The van der Waals surface area contributed by atoms with Crippen LogP contribution in [-0.4, -0.2) is 44.0 Å². The van der Waals surface area contributed by atoms with E-state index in [0.717, 1.165) is 12.8 Å². The lowest BCUT2D eigenvalue weighted by molar-refractivity contribution is -0.144. The third kappa shape index (κ3) is 4.07. The molecule has 0 aromatic heterocycles. The fourth-order valence-electron chi connectivity index (χ4n) is 2.65. The van der Waals surface area contributed by atoms with E-state index in [-0.39, 0.29) is 0 Å². The number of hydrogen-bond acceptors (Lipinski definition) is 4. The number of piperidine rings is 1. The van der Waals surface area contributed by atoms with Crippen molar-refractivity contribution in [1.29, 1.82) is 0 Å². The van der Waals surface area contributed by atoms with Crippen LogP contribution < -0.4 is 14.8 Å². The highest BCUT2D eigenvalue weighted by molar-refractivity contribution is 6.40. The van der Waals surface area contributed by atoms with Crippen molar-refractivity contribution in [1.82, 2.24) is 4.90 Å². The van der Waals surface area contributed by atoms with Gasteiger partial charge in [0.15, 0.2) is 0 Å². The van der Waals surface area contributed by atoms with Crippen LogP contribution >= 0.6 is 11.6 Å². The Labute approximate surface area is 140 Å². The van der Waals surface area contributed by atoms with Crippen molar-refractivity contribution in [3.05, 3.63) is 17.2 Å². The molecular formula is C16H21ClN2O4. The molecule has 1 saturated heterocycles. The molecule has 1 fully saturated rings. The number of carbonyl (C=O) groups excluding carboxylic acids is 2. The van der Waals surface area contributed by atoms with Crippen molar-refractivity contribution in [2.24, 2.45) is 5.92 Å². The van der Waals surface area contributed by atoms with E-state index in [2.05, 4.69) is 12.2 Å². The number of anilines is 1. The van der Waals surface area contributed by atoms with E-state index in [1.807, 2.05) is 0 Å². The van der Waals surface area contributed by atoms with Crippen LogP contribution in [0.5, 0.6) is 11.5 Å². The lowest BCUT2D eigenvalue weighted by atomic mass is 10.0. The van der Waals surface area contributed by atoms with Gasteiger partial charge in [0.1, 0.15) is 11.5 Å². The molecule has 2 amide bonds. The highest BCUT2D eigenvalue weighted by Crippen LogP contribution is 2.35. The summed E-state index contributed by atoms with van der Waals surface area (Å²) >= 11 is 6.02. The summed E-state index contributed by atoms with van der Waals surface area (Å²) < 4.78 is 10.3. The number of nitrogens with zero attached hydrogens (tertiary/aromatic N) is 1. The monoisotopic (exact) mass is 340 g/mol. The Bertz CT molecular complexity index is 606. The Morgan fingerprint density at radius 1 is 1.26 bits per heavy atom. The average Bonchev–Trinajstić information content (AvgIpc) is 2.55. The molecule has 1 aromatic rings. The van der Waals surface area contributed by atoms with Gasteiger partial charge in [-0.15, -0.1) is 0 Å². The van der Waals surface area contributed by atoms with Crippen LogP contribution in [0.15, 0.2) is 12.1 Å². The maximum Gasteiger partial charge on any atom is 0.314 e. The van der Waals surface area contributed by atoms with Crippen molar-refractivity contribution in [3.8, 4) is 11.5 Å². The van der Waals surface area contributed by atoms with E-state index in [1.54, 1.807) is 4.90 Å². The summed E-state index contributed by atoms with van der Waals surface area (Å²) in [4.78, 5) is 26.1. The van der Waals surface area contributed by atoms with Crippen LogP contribution in [0.25, 0.3) is 0 Å². The van der Waals surface area contributed by atoms with Gasteiger partial charge in [-0.1, -0.05) is 18.5 Å². The largest absolute Gasteiger partial charge is 0.495 e. The third-order valence-electron chi connectivity index (χ3n) is 3.86. The molecule has 1 N–H and O–H groups in total. The number of likely N-dealkylation sites (tertiary alicyclic amines) is 1. The number of amides is 2. The van der Waals surface area contributed by atoms with Gasteiger partial charge in [0.25, 0.3) is 0 Å². The highest BCUT2D eigenvalue weighted by atomic mass is 35.5. The Morgan fingerprint density at radius 3 is 2.57 bits per heavy atom. The van der Waals surface area contributed by atoms with Crippen LogP contribution in [-0.2, 0) is 9.59 Å². The molecule has 7 heteroatoms. The summed E-state index contributed by atoms with van der Waals surface area (Å²) in [5.41, 5.74) is 0.345. The zero-order chi connectivity index (χ0) is 17.0. The average molecular weight is 341 g/mol. The van der Waals surface area contributed by atoms with Crippen LogP contribution in [0.1, 0.15) is 19.8 Å². The number of rotatable bonds is 3. The Morgan fingerprint density at radius 2 is 1.96 bits per heavy atom. The molecule has 23 heavy (non-hydrogen) atoms. The number of nitrogens with one attached hydrogen (secondary N) is 1. The normalized spacial score (nSPS) is 17.6. The van der Waals surface area contributed by atoms with Gasteiger partial charge in [-0.05, 0) is 18.8 Å². The maximum absolute atomic E-state index is 12.3. The van der Waals surface area contributed by atoms with Crippen molar-refractivity contribution >= 4 is 29.1 Å². The lowest BCUT2D eigenvalue weighted by Gasteiger charge is -2.30. The molecule has 1 atom stereocenters. The molecule has 6 nitrogen and oxygen atoms in total. The minimum absolute atomic E-state index is 0.345. The molecule has 1 heterocycles. The molecule has 1 aliphatic rings. The Balaban J connectivity index is 2.14. The summed E-state index contributed by atoms with van der Waals surface area (Å²) in [6.07, 6.45) is 1.99. The zero-order valence-corrected chi connectivity index (χ0v) is 14.3. The van der Waals surface area contributed by atoms with Gasteiger partial charge >= 0.3 is 11.8 Å². The molecule has 1 aliphatic heterocycles. The number of halogens is 1. The van der Waals surface area contributed by atoms with Crippen LogP contribution in [0, 0.1) is 5.92 Å². The fraction of sp³-hybridized carbons (Fsp3) is 0.500. The Kier molecular flexibility index (Phi) is 5.71. The first-order chi connectivity index (χ1) is 11.0. The summed E-state index contributed by atoms with van der Waals surface area (Å²) in [5, 5.41) is 2.94. The predicted octanol–water partition coefficient (Wildman–Crippen LogP) is 2.55. The van der Waals surface area contributed by atoms with Gasteiger partial charge < -0.3 is 19.7 Å². The first-order valence-electron chi connectivity index (χ1n) is 7.48. The highest BCUT2D eigenvalue weighted by Gasteiger charge is 2.27. The number of carbonyl (C=O) groups is 2. The molecule has 0 aliphatic carbocycles. The summed E-state index contributed by atoms with van der Waals surface area (Å²) in [7, 11) is 2.93. The quantitative estimate of drug-likeness (QED) is 0.859. The first kappa shape index (κ1) is 17.4. The van der Waals surface area contributed by atoms with Crippen molar-refractivity contribution in [3.63, 3.8) is 0 Å². The van der Waals surface area contributed by atoms with Gasteiger partial charge in [-0.2, -0.15) is 0 Å². The molecule has 126 valence electrons. The molecular weight excluding hydrogens is 320 g/mol. The second-order valence-corrected chi connectivity index (χ2v) is 6.05. The smallest absolute Gasteiger partial charge is 0.314 e. The van der Waals surface area contributed by atoms with E-state index >= 15 is 0 Å². The molecule has 0 bridgehead atoms. The fourth-order valence-corrected chi connectivity index (χ4v) is 2.88. The van der Waals surface area contributed by atoms with Crippen molar-refractivity contribution < 1.29 is 19.1 Å². The van der Waals surface area contributed by atoms with Crippen LogP contribution in [0.4, 0.5) is 5.69 Å². The number of benzene rings is 1. The zero-order valence-electron chi connectivity index (χ0n) is 13.5.